The van der Waals surface area contributed by atoms with Crippen LogP contribution in [0.2, 0.25) is 0 Å². The van der Waals surface area contributed by atoms with E-state index in [2.05, 4.69) is 19.9 Å². The fraction of sp³-hybridized carbons (Fsp3) is 0.400. The molecule has 2 saturated carbocycles. The fourth-order valence-electron chi connectivity index (χ4n) is 6.11. The smallest absolute Gasteiger partial charge is 0.285 e. The molecule has 6 rings (SSSR count). The van der Waals surface area contributed by atoms with Gasteiger partial charge in [-0.25, -0.2) is 37.3 Å². The molecule has 0 unspecified atom stereocenters. The molecule has 4 aromatic heterocycles. The van der Waals surface area contributed by atoms with Gasteiger partial charge in [-0.1, -0.05) is 49.9 Å². The molecular weight excluding hydrogens is 918 g/mol. The normalized spacial score (nSPS) is 19.3. The van der Waals surface area contributed by atoms with Crippen molar-refractivity contribution in [3.05, 3.63) is 118 Å². The quantitative estimate of drug-likeness (QED) is 0.142. The number of aromatic nitrogens is 4. The molecule has 0 bridgehead atoms. The maximum absolute atomic E-state index is 8.49. The molecule has 0 saturated heterocycles. The summed E-state index contributed by atoms with van der Waals surface area (Å²) in [6.45, 7) is 8.00. The van der Waals surface area contributed by atoms with Gasteiger partial charge in [0.1, 0.15) is 0 Å². The molecule has 2 fully saturated rings. The molecule has 0 N–H and O–H groups in total. The van der Waals surface area contributed by atoms with Crippen LogP contribution in [0.5, 0.6) is 0 Å². The topological polar surface area (TPSA) is 285 Å². The third-order valence-corrected chi connectivity index (χ3v) is 8.62. The van der Waals surface area contributed by atoms with Gasteiger partial charge in [-0.05, 0) is 102 Å². The van der Waals surface area contributed by atoms with Crippen molar-refractivity contribution in [1.82, 2.24) is 19.9 Å². The van der Waals surface area contributed by atoms with E-state index < -0.39 is 20.5 Å². The summed E-state index contributed by atoms with van der Waals surface area (Å²) in [5.74, 6) is 0. The second kappa shape index (κ2) is 28.2. The SMILES string of the molecule is Cc1cccc(C=N[C@@H]2CCCC[C@H]2N=Cc2cccc(C)n2)n1.Cc1cccc(C=N[C@H]2CCCC[C@@H]2N=Cc2cccc(C)n2)n1.[Cu+].[Cu+].[O-][Cl+3]([O-])([O-])[O-].[O-][Cl+3]([O-])([O-])[O-]. The van der Waals surface area contributed by atoms with Gasteiger partial charge in [0.2, 0.25) is 0 Å². The summed E-state index contributed by atoms with van der Waals surface area (Å²) in [7, 11) is -9.89. The number of halogens is 2. The molecule has 0 radical (unpaired) electrons. The number of hydrogen-bond donors (Lipinski definition) is 0. The Morgan fingerprint density at radius 3 is 0.750 bits per heavy atom. The minimum atomic E-state index is -4.94. The zero-order chi connectivity index (χ0) is 42.6. The van der Waals surface area contributed by atoms with Crippen LogP contribution in [0.15, 0.2) is 92.8 Å². The van der Waals surface area contributed by atoms with Crippen molar-refractivity contribution in [3.8, 4) is 0 Å². The largest absolute Gasteiger partial charge is 1.00 e. The second-order valence-electron chi connectivity index (χ2n) is 13.5. The van der Waals surface area contributed by atoms with Crippen LogP contribution in [0.3, 0.4) is 0 Å². The molecule has 332 valence electrons. The van der Waals surface area contributed by atoms with Gasteiger partial charge in [-0.3, -0.25) is 39.9 Å². The molecule has 60 heavy (non-hydrogen) atoms. The zero-order valence-electron chi connectivity index (χ0n) is 33.4. The first-order chi connectivity index (χ1) is 27.4. The molecule has 0 aromatic carbocycles. The van der Waals surface area contributed by atoms with Gasteiger partial charge in [0.15, 0.2) is 0 Å². The van der Waals surface area contributed by atoms with Crippen LogP contribution in [0.25, 0.3) is 0 Å². The molecule has 0 amide bonds. The molecule has 0 aliphatic heterocycles. The Bertz CT molecular complexity index is 1690. The molecule has 20 heteroatoms. The minimum Gasteiger partial charge on any atom is -0.285 e. The van der Waals surface area contributed by atoms with Crippen molar-refractivity contribution < 1.29 is 91.9 Å². The van der Waals surface area contributed by atoms with Crippen LogP contribution < -0.4 is 37.3 Å². The molecule has 2 aliphatic rings. The maximum atomic E-state index is 8.49. The van der Waals surface area contributed by atoms with E-state index in [4.69, 9.17) is 57.2 Å². The van der Waals surface area contributed by atoms with Crippen LogP contribution in [0.4, 0.5) is 0 Å². The summed E-state index contributed by atoms with van der Waals surface area (Å²) in [5.41, 5.74) is 7.75. The monoisotopic (exact) mass is 964 g/mol. The molecule has 4 atom stereocenters. The van der Waals surface area contributed by atoms with Gasteiger partial charge < -0.3 is 0 Å². The molecule has 4 aromatic rings. The minimum absolute atomic E-state index is 0. The Labute approximate surface area is 376 Å². The average Bonchev–Trinajstić information content (AvgIpc) is 3.14. The predicted octanol–water partition coefficient (Wildman–Crippen LogP) is -1.63. The van der Waals surface area contributed by atoms with Gasteiger partial charge in [0.25, 0.3) is 0 Å². The summed E-state index contributed by atoms with van der Waals surface area (Å²) in [4.78, 5) is 37.1. The number of nitrogens with zero attached hydrogens (tertiary/aromatic N) is 8. The number of pyridine rings is 4. The van der Waals surface area contributed by atoms with Crippen LogP contribution >= 0.6 is 0 Å². The Hall–Kier alpha value is -3.42. The molecule has 2 aliphatic carbocycles. The average molecular weight is 967 g/mol. The molecule has 0 spiro atoms. The summed E-state index contributed by atoms with van der Waals surface area (Å²) in [6, 6.07) is 25.0. The fourth-order valence-corrected chi connectivity index (χ4v) is 6.11. The van der Waals surface area contributed by atoms with E-state index in [-0.39, 0.29) is 58.3 Å². The van der Waals surface area contributed by atoms with E-state index in [1.165, 1.54) is 25.7 Å². The van der Waals surface area contributed by atoms with Crippen LogP contribution in [-0.4, -0.2) is 69.0 Å². The summed E-state index contributed by atoms with van der Waals surface area (Å²) in [6.07, 6.45) is 16.8. The van der Waals surface area contributed by atoms with E-state index in [9.17, 15) is 0 Å². The Morgan fingerprint density at radius 2 is 0.583 bits per heavy atom. The van der Waals surface area contributed by atoms with Crippen LogP contribution in [0.1, 0.15) is 96.9 Å². The van der Waals surface area contributed by atoms with Crippen molar-refractivity contribution in [2.24, 2.45) is 20.0 Å². The van der Waals surface area contributed by atoms with E-state index in [0.717, 1.165) is 71.2 Å². The van der Waals surface area contributed by atoms with Crippen molar-refractivity contribution in [2.75, 3.05) is 0 Å². The Balaban J connectivity index is 0.000000477. The maximum Gasteiger partial charge on any atom is 1.00 e. The van der Waals surface area contributed by atoms with E-state index in [0.29, 0.717) is 0 Å². The van der Waals surface area contributed by atoms with E-state index in [1.807, 2.05) is 125 Å². The van der Waals surface area contributed by atoms with Gasteiger partial charge in [0.05, 0.1) is 46.9 Å². The Morgan fingerprint density at radius 1 is 0.400 bits per heavy atom. The Kier molecular flexibility index (Phi) is 25.7. The molecule has 4 heterocycles. The first kappa shape index (κ1) is 54.6. The van der Waals surface area contributed by atoms with Crippen molar-refractivity contribution >= 4 is 24.9 Å². The number of rotatable bonds is 8. The van der Waals surface area contributed by atoms with Gasteiger partial charge in [-0.15, -0.1) is 20.5 Å². The van der Waals surface area contributed by atoms with Crippen LogP contribution in [0, 0.1) is 48.2 Å². The van der Waals surface area contributed by atoms with Gasteiger partial charge >= 0.3 is 34.1 Å². The summed E-state index contributed by atoms with van der Waals surface area (Å²) >= 11 is 0. The number of aliphatic imine (C=N–C) groups is 4. The van der Waals surface area contributed by atoms with Gasteiger partial charge in [-0.2, -0.15) is 0 Å². The predicted molar refractivity (Wildman–Crippen MR) is 198 cm³/mol. The first-order valence-electron chi connectivity index (χ1n) is 18.5. The summed E-state index contributed by atoms with van der Waals surface area (Å²) < 4.78 is 67.9. The molecular formula is C40H48Cl2Cu2N8O8. The van der Waals surface area contributed by atoms with E-state index in [1.54, 1.807) is 0 Å². The first-order valence-corrected chi connectivity index (χ1v) is 21.0. The second-order valence-corrected chi connectivity index (χ2v) is 15.0. The number of aryl methyl sites for hydroxylation is 4. The third-order valence-electron chi connectivity index (χ3n) is 8.62. The zero-order valence-corrected chi connectivity index (χ0v) is 36.8. The third kappa shape index (κ3) is 25.4. The standard InChI is InChI=1S/2C20H24N4.2ClHO4.2Cu/c2*1-15-7-5-9-17(23-15)13-21-19-11-3-4-12-20(19)22-14-18-10-6-8-16(2)24-18;2*2-1(3,4)5;;/h2*5-10,13-14,19-20H,3-4,11-12H2,1-2H3;2*(H,2,3,4,5);;/q;;;;2*+1/p-2/t2*19-,20-;;;;/m10..../s1. The van der Waals surface area contributed by atoms with Crippen molar-refractivity contribution in [1.29, 1.82) is 0 Å². The number of hydrogen-bond acceptors (Lipinski definition) is 16. The van der Waals surface area contributed by atoms with E-state index >= 15 is 0 Å². The van der Waals surface area contributed by atoms with Gasteiger partial charge in [0, 0.05) is 47.6 Å². The van der Waals surface area contributed by atoms with Crippen molar-refractivity contribution in [3.63, 3.8) is 0 Å². The molecule has 16 nitrogen and oxygen atoms in total. The summed E-state index contributed by atoms with van der Waals surface area (Å²) in [5, 5.41) is 0. The van der Waals surface area contributed by atoms with Crippen LogP contribution in [-0.2, 0) is 34.1 Å². The van der Waals surface area contributed by atoms with Crippen molar-refractivity contribution in [2.45, 2.75) is 103 Å².